The predicted octanol–water partition coefficient (Wildman–Crippen LogP) is 0.637. The number of nitrogens with one attached hydrogen (secondary N) is 2. The third-order valence-electron chi connectivity index (χ3n) is 5.29. The van der Waals surface area contributed by atoms with Crippen LogP contribution in [-0.2, 0) is 14.6 Å². The maximum absolute atomic E-state index is 11.3. The number of hydrogen-bond donors (Lipinski definition) is 2. The first kappa shape index (κ1) is 26.9. The van der Waals surface area contributed by atoms with Crippen LogP contribution >= 0.6 is 24.0 Å². The van der Waals surface area contributed by atoms with Crippen molar-refractivity contribution >= 4 is 39.8 Å². The fourth-order valence-electron chi connectivity index (χ4n) is 3.64. The molecule has 0 bridgehead atoms. The highest BCUT2D eigenvalue weighted by Gasteiger charge is 2.21. The highest BCUT2D eigenvalue weighted by Crippen LogP contribution is 2.10. The summed E-state index contributed by atoms with van der Waals surface area (Å²) in [7, 11) is -2.89. The van der Waals surface area contributed by atoms with Crippen LogP contribution in [0, 0.1) is 5.92 Å². The lowest BCUT2D eigenvalue weighted by Crippen LogP contribution is -2.49. The van der Waals surface area contributed by atoms with Crippen molar-refractivity contribution in [2.45, 2.75) is 32.7 Å². The molecule has 2 saturated heterocycles. The molecule has 2 N–H and O–H groups in total. The van der Waals surface area contributed by atoms with Crippen LogP contribution in [0.25, 0.3) is 0 Å². The maximum atomic E-state index is 11.3. The zero-order valence-corrected chi connectivity index (χ0v) is 21.4. The minimum absolute atomic E-state index is 0. The van der Waals surface area contributed by atoms with Gasteiger partial charge in [0.15, 0.2) is 5.96 Å². The normalized spacial score (nSPS) is 21.4. The van der Waals surface area contributed by atoms with Crippen molar-refractivity contribution in [3.63, 3.8) is 0 Å². The van der Waals surface area contributed by atoms with Crippen LogP contribution in [0.2, 0.25) is 0 Å². The second kappa shape index (κ2) is 14.0. The van der Waals surface area contributed by atoms with E-state index in [2.05, 4.69) is 34.3 Å². The lowest BCUT2D eigenvalue weighted by atomic mass is 10.1. The van der Waals surface area contributed by atoms with E-state index in [4.69, 9.17) is 9.73 Å². The van der Waals surface area contributed by atoms with Gasteiger partial charge in [-0.3, -0.25) is 9.89 Å². The molecular formula is C19H40IN5O3S. The molecule has 2 fully saturated rings. The fourth-order valence-corrected chi connectivity index (χ4v) is 4.23. The molecule has 1 atom stereocenters. The van der Waals surface area contributed by atoms with Crippen LogP contribution in [0.3, 0.4) is 0 Å². The predicted molar refractivity (Wildman–Crippen MR) is 130 cm³/mol. The largest absolute Gasteiger partial charge is 0.379 e. The van der Waals surface area contributed by atoms with E-state index < -0.39 is 9.84 Å². The molecule has 0 radical (unpaired) electrons. The first-order chi connectivity index (χ1) is 13.4. The van der Waals surface area contributed by atoms with Gasteiger partial charge in [-0.2, -0.15) is 0 Å². The second-order valence-electron chi connectivity index (χ2n) is 8.13. The molecule has 0 aromatic rings. The third kappa shape index (κ3) is 11.7. The summed E-state index contributed by atoms with van der Waals surface area (Å²) < 4.78 is 28.1. The average Bonchev–Trinajstić information content (AvgIpc) is 2.66. The Morgan fingerprint density at radius 3 is 2.41 bits per heavy atom. The van der Waals surface area contributed by atoms with E-state index in [1.807, 2.05) is 0 Å². The van der Waals surface area contributed by atoms with E-state index in [9.17, 15) is 8.42 Å². The molecule has 29 heavy (non-hydrogen) atoms. The molecule has 0 aromatic carbocycles. The van der Waals surface area contributed by atoms with Gasteiger partial charge in [0.05, 0.1) is 19.0 Å². The van der Waals surface area contributed by atoms with E-state index in [1.165, 1.54) is 6.26 Å². The number of aliphatic imine (C=N–C) groups is 1. The number of sulfone groups is 1. The lowest BCUT2D eigenvalue weighted by Gasteiger charge is -2.33. The Morgan fingerprint density at radius 1 is 1.17 bits per heavy atom. The van der Waals surface area contributed by atoms with Gasteiger partial charge >= 0.3 is 0 Å². The Balaban J connectivity index is 0.00000420. The molecule has 0 saturated carbocycles. The van der Waals surface area contributed by atoms with Crippen LogP contribution in [0.15, 0.2) is 4.99 Å². The summed E-state index contributed by atoms with van der Waals surface area (Å²) in [6.45, 7) is 13.3. The standard InChI is InChI=1S/C19H39N5O3S.HI/c1-4-20-19(21-15-17(2)16-24-9-12-27-13-10-24)22-18-5-7-23(8-6-18)11-14-28(3,25)26;/h17-18H,4-16H2,1-3H3,(H2,20,21,22);1H. The van der Waals surface area contributed by atoms with E-state index in [1.54, 1.807) is 0 Å². The van der Waals surface area contributed by atoms with Gasteiger partial charge < -0.3 is 20.3 Å². The SMILES string of the molecule is CCNC(=NCC(C)CN1CCOCC1)NC1CCN(CCS(C)(=O)=O)CC1.I. The Hall–Kier alpha value is -0.170. The minimum atomic E-state index is -2.89. The van der Waals surface area contributed by atoms with Gasteiger partial charge in [-0.1, -0.05) is 6.92 Å². The number of morpholine rings is 1. The van der Waals surface area contributed by atoms with E-state index in [0.717, 1.165) is 77.8 Å². The van der Waals surface area contributed by atoms with Crippen molar-refractivity contribution < 1.29 is 13.2 Å². The summed E-state index contributed by atoms with van der Waals surface area (Å²) in [6.07, 6.45) is 3.33. The molecule has 2 heterocycles. The van der Waals surface area contributed by atoms with E-state index >= 15 is 0 Å². The Morgan fingerprint density at radius 2 is 1.83 bits per heavy atom. The average molecular weight is 546 g/mol. The molecule has 2 aliphatic rings. The van der Waals surface area contributed by atoms with Crippen LogP contribution in [0.4, 0.5) is 0 Å². The lowest BCUT2D eigenvalue weighted by molar-refractivity contribution is 0.0323. The number of likely N-dealkylation sites (tertiary alicyclic amines) is 1. The molecule has 172 valence electrons. The van der Waals surface area contributed by atoms with E-state index in [0.29, 0.717) is 18.5 Å². The highest BCUT2D eigenvalue weighted by molar-refractivity contribution is 14.0. The first-order valence-corrected chi connectivity index (χ1v) is 12.7. The number of piperidine rings is 1. The number of rotatable bonds is 9. The molecule has 0 aromatic heterocycles. The quantitative estimate of drug-likeness (QED) is 0.250. The van der Waals surface area contributed by atoms with Crippen LogP contribution in [0.5, 0.6) is 0 Å². The van der Waals surface area contributed by atoms with Crippen molar-refractivity contribution in [1.82, 2.24) is 20.4 Å². The zero-order chi connectivity index (χ0) is 20.4. The monoisotopic (exact) mass is 545 g/mol. The number of hydrogen-bond acceptors (Lipinski definition) is 6. The molecule has 2 aliphatic heterocycles. The molecule has 10 heteroatoms. The maximum Gasteiger partial charge on any atom is 0.191 e. The van der Waals surface area contributed by atoms with Gasteiger partial charge in [-0.05, 0) is 25.7 Å². The second-order valence-corrected chi connectivity index (χ2v) is 10.4. The Bertz CT molecular complexity index is 576. The molecule has 0 spiro atoms. The smallest absolute Gasteiger partial charge is 0.191 e. The summed E-state index contributed by atoms with van der Waals surface area (Å²) in [4.78, 5) is 9.50. The number of ether oxygens (including phenoxy) is 1. The first-order valence-electron chi connectivity index (χ1n) is 10.6. The van der Waals surface area contributed by atoms with Gasteiger partial charge in [-0.25, -0.2) is 8.42 Å². The van der Waals surface area contributed by atoms with Crippen LogP contribution < -0.4 is 10.6 Å². The van der Waals surface area contributed by atoms with Crippen LogP contribution in [-0.4, -0.2) is 108 Å². The van der Waals surface area contributed by atoms with Gasteiger partial charge in [0.25, 0.3) is 0 Å². The van der Waals surface area contributed by atoms with Gasteiger partial charge in [0, 0.05) is 64.7 Å². The molecule has 1 unspecified atom stereocenters. The van der Waals surface area contributed by atoms with Gasteiger partial charge in [-0.15, -0.1) is 24.0 Å². The molecule has 0 amide bonds. The van der Waals surface area contributed by atoms with Crippen molar-refractivity contribution in [2.75, 3.05) is 77.6 Å². The van der Waals surface area contributed by atoms with E-state index in [-0.39, 0.29) is 29.7 Å². The summed E-state index contributed by atoms with van der Waals surface area (Å²) in [6, 6.07) is 0.391. The number of guanidine groups is 1. The molecular weight excluding hydrogens is 505 g/mol. The topological polar surface area (TPSA) is 86.3 Å². The highest BCUT2D eigenvalue weighted by atomic mass is 127. The molecule has 2 rings (SSSR count). The summed E-state index contributed by atoms with van der Waals surface area (Å²) in [5, 5.41) is 6.93. The van der Waals surface area contributed by atoms with Crippen molar-refractivity contribution in [2.24, 2.45) is 10.9 Å². The Kier molecular flexibility index (Phi) is 13.0. The minimum Gasteiger partial charge on any atom is -0.379 e. The van der Waals surface area contributed by atoms with Crippen LogP contribution in [0.1, 0.15) is 26.7 Å². The summed E-state index contributed by atoms with van der Waals surface area (Å²) >= 11 is 0. The third-order valence-corrected chi connectivity index (χ3v) is 6.21. The fraction of sp³-hybridized carbons (Fsp3) is 0.947. The van der Waals surface area contributed by atoms with Gasteiger partial charge in [0.2, 0.25) is 0 Å². The van der Waals surface area contributed by atoms with Crippen molar-refractivity contribution in [1.29, 1.82) is 0 Å². The van der Waals surface area contributed by atoms with Gasteiger partial charge in [0.1, 0.15) is 9.84 Å². The Labute approximate surface area is 194 Å². The van der Waals surface area contributed by atoms with Crippen molar-refractivity contribution in [3.8, 4) is 0 Å². The number of nitrogens with zero attached hydrogens (tertiary/aromatic N) is 3. The van der Waals surface area contributed by atoms with Crippen molar-refractivity contribution in [3.05, 3.63) is 0 Å². The molecule has 0 aliphatic carbocycles. The summed E-state index contributed by atoms with van der Waals surface area (Å²) in [5.41, 5.74) is 0. The summed E-state index contributed by atoms with van der Waals surface area (Å²) in [5.74, 6) is 1.65. The zero-order valence-electron chi connectivity index (χ0n) is 18.2. The number of halogens is 1. The molecule has 8 nitrogen and oxygen atoms in total.